The van der Waals surface area contributed by atoms with Gasteiger partial charge in [0.05, 0.1) is 31.5 Å². The van der Waals surface area contributed by atoms with Gasteiger partial charge in [-0.1, -0.05) is 11.3 Å². The predicted molar refractivity (Wildman–Crippen MR) is 150 cm³/mol. The number of fused-ring (bicyclic) bond motifs is 3. The zero-order valence-corrected chi connectivity index (χ0v) is 23.8. The van der Waals surface area contributed by atoms with Gasteiger partial charge in [-0.05, 0) is 63.9 Å². The van der Waals surface area contributed by atoms with Crippen molar-refractivity contribution in [2.45, 2.75) is 58.7 Å². The standard InChI is InChI=1S/C28H40N8O5/c1-19-5-6-23-24(15-19)41-14-4-11-36-17-22(32-33-36)16-35(10-3-9-30-27(39)20(2)31-28(23)40)25(37)18-34-12-7-21(8-13-34)26(29)38/h5-6,15,17,20-21H,3-4,7-14,16,18H2,1-2H3,(H2,29,38)(H,30,39)(H,31,40)/t20-/m1/s1. The molecule has 13 nitrogen and oxygen atoms in total. The minimum absolute atomic E-state index is 0.0589. The van der Waals surface area contributed by atoms with Crippen molar-refractivity contribution < 1.29 is 23.9 Å². The van der Waals surface area contributed by atoms with Crippen LogP contribution in [-0.2, 0) is 27.5 Å². The van der Waals surface area contributed by atoms with E-state index < -0.39 is 11.9 Å². The summed E-state index contributed by atoms with van der Waals surface area (Å²) in [6.07, 6.45) is 4.26. The monoisotopic (exact) mass is 568 g/mol. The number of amides is 4. The molecule has 4 amide bonds. The highest BCUT2D eigenvalue weighted by Gasteiger charge is 2.26. The van der Waals surface area contributed by atoms with E-state index in [1.807, 2.05) is 24.1 Å². The second-order valence-electron chi connectivity index (χ2n) is 10.8. The van der Waals surface area contributed by atoms with Crippen LogP contribution in [0.3, 0.4) is 0 Å². The zero-order chi connectivity index (χ0) is 29.4. The molecule has 41 heavy (non-hydrogen) atoms. The van der Waals surface area contributed by atoms with Gasteiger partial charge in [-0.15, -0.1) is 5.10 Å². The zero-order valence-electron chi connectivity index (χ0n) is 23.8. The van der Waals surface area contributed by atoms with Gasteiger partial charge in [0.25, 0.3) is 5.91 Å². The Morgan fingerprint density at radius 3 is 2.66 bits per heavy atom. The highest BCUT2D eigenvalue weighted by atomic mass is 16.5. The lowest BCUT2D eigenvalue weighted by atomic mass is 9.96. The largest absolute Gasteiger partial charge is 0.493 e. The van der Waals surface area contributed by atoms with Gasteiger partial charge in [0.1, 0.15) is 17.5 Å². The maximum absolute atomic E-state index is 13.3. The lowest BCUT2D eigenvalue weighted by molar-refractivity contribution is -0.133. The Kier molecular flexibility index (Phi) is 10.3. The fourth-order valence-electron chi connectivity index (χ4n) is 4.99. The van der Waals surface area contributed by atoms with Crippen LogP contribution in [0.15, 0.2) is 24.4 Å². The molecule has 0 unspecified atom stereocenters. The first-order chi connectivity index (χ1) is 19.7. The van der Waals surface area contributed by atoms with Crippen molar-refractivity contribution in [2.24, 2.45) is 11.7 Å². The molecule has 0 spiro atoms. The fraction of sp³-hybridized carbons (Fsp3) is 0.571. The summed E-state index contributed by atoms with van der Waals surface area (Å²) in [5.41, 5.74) is 7.43. The number of benzene rings is 1. The molecular weight excluding hydrogens is 528 g/mol. The number of nitrogens with zero attached hydrogens (tertiary/aromatic N) is 5. The van der Waals surface area contributed by atoms with Crippen molar-refractivity contribution in [1.82, 2.24) is 35.4 Å². The summed E-state index contributed by atoms with van der Waals surface area (Å²) in [5.74, 6) is -0.736. The van der Waals surface area contributed by atoms with E-state index in [1.54, 1.807) is 28.6 Å². The number of primary amides is 1. The number of aryl methyl sites for hydroxylation is 2. The number of nitrogens with one attached hydrogen (secondary N) is 2. The molecule has 4 N–H and O–H groups in total. The predicted octanol–water partition coefficient (Wildman–Crippen LogP) is 0.220. The van der Waals surface area contributed by atoms with Crippen molar-refractivity contribution in [2.75, 3.05) is 39.3 Å². The van der Waals surface area contributed by atoms with Crippen LogP contribution in [-0.4, -0.2) is 93.8 Å². The molecule has 2 aliphatic rings. The van der Waals surface area contributed by atoms with E-state index >= 15 is 0 Å². The first-order valence-electron chi connectivity index (χ1n) is 14.2. The molecule has 0 aliphatic carbocycles. The highest BCUT2D eigenvalue weighted by molar-refractivity contribution is 5.99. The van der Waals surface area contributed by atoms with Crippen LogP contribution in [0.4, 0.5) is 0 Å². The number of piperidine rings is 1. The Labute approximate surface area is 239 Å². The lowest BCUT2D eigenvalue weighted by Gasteiger charge is -2.32. The van der Waals surface area contributed by atoms with Crippen LogP contribution in [0.2, 0.25) is 0 Å². The number of carbonyl (C=O) groups excluding carboxylic acids is 4. The van der Waals surface area contributed by atoms with Crippen LogP contribution in [0.5, 0.6) is 5.75 Å². The maximum atomic E-state index is 13.3. The fourth-order valence-corrected chi connectivity index (χ4v) is 4.99. The average Bonchev–Trinajstić information content (AvgIpc) is 3.39. The smallest absolute Gasteiger partial charge is 0.255 e. The molecule has 13 heteroatoms. The number of rotatable bonds is 3. The van der Waals surface area contributed by atoms with Crippen molar-refractivity contribution >= 4 is 23.6 Å². The van der Waals surface area contributed by atoms with E-state index in [1.165, 1.54) is 0 Å². The van der Waals surface area contributed by atoms with Gasteiger partial charge in [-0.3, -0.25) is 28.8 Å². The van der Waals surface area contributed by atoms with Gasteiger partial charge < -0.3 is 26.0 Å². The van der Waals surface area contributed by atoms with E-state index in [9.17, 15) is 19.2 Å². The molecule has 2 aliphatic heterocycles. The number of aromatic nitrogens is 3. The maximum Gasteiger partial charge on any atom is 0.255 e. The molecule has 2 aromatic rings. The van der Waals surface area contributed by atoms with Crippen LogP contribution < -0.4 is 21.1 Å². The third-order valence-electron chi connectivity index (χ3n) is 7.46. The molecule has 1 aromatic carbocycles. The van der Waals surface area contributed by atoms with Gasteiger partial charge in [-0.2, -0.15) is 0 Å². The summed E-state index contributed by atoms with van der Waals surface area (Å²) in [6, 6.07) is 4.58. The molecule has 1 saturated heterocycles. The summed E-state index contributed by atoms with van der Waals surface area (Å²) < 4.78 is 7.67. The molecule has 1 aromatic heterocycles. The molecule has 2 bridgehead atoms. The van der Waals surface area contributed by atoms with Crippen molar-refractivity contribution in [3.8, 4) is 5.75 Å². The molecule has 222 valence electrons. The number of likely N-dealkylation sites (tertiary alicyclic amines) is 1. The van der Waals surface area contributed by atoms with Crippen LogP contribution in [0.1, 0.15) is 54.2 Å². The van der Waals surface area contributed by atoms with E-state index in [4.69, 9.17) is 10.5 Å². The van der Waals surface area contributed by atoms with Crippen LogP contribution in [0, 0.1) is 12.8 Å². The molecule has 1 atom stereocenters. The molecule has 0 radical (unpaired) electrons. The Morgan fingerprint density at radius 2 is 1.90 bits per heavy atom. The van der Waals surface area contributed by atoms with Crippen LogP contribution in [0.25, 0.3) is 0 Å². The molecule has 0 saturated carbocycles. The minimum atomic E-state index is -0.756. The molecular formula is C28H40N8O5. The first-order valence-corrected chi connectivity index (χ1v) is 14.2. The second-order valence-corrected chi connectivity index (χ2v) is 10.8. The Hall–Kier alpha value is -4.00. The number of carbonyl (C=O) groups is 4. The average molecular weight is 569 g/mol. The number of ether oxygens (including phenoxy) is 1. The minimum Gasteiger partial charge on any atom is -0.493 e. The normalized spacial score (nSPS) is 20.4. The topological polar surface area (TPSA) is 165 Å². The summed E-state index contributed by atoms with van der Waals surface area (Å²) in [4.78, 5) is 54.3. The third-order valence-corrected chi connectivity index (χ3v) is 7.46. The Bertz CT molecular complexity index is 1240. The van der Waals surface area contributed by atoms with Crippen LogP contribution >= 0.6 is 0 Å². The van der Waals surface area contributed by atoms with E-state index in [0.29, 0.717) is 88.6 Å². The molecule has 4 rings (SSSR count). The quantitative estimate of drug-likeness (QED) is 0.473. The van der Waals surface area contributed by atoms with Gasteiger partial charge in [0.15, 0.2) is 0 Å². The Balaban J connectivity index is 1.43. The number of nitrogens with two attached hydrogens (primary N) is 1. The van der Waals surface area contributed by atoms with Gasteiger partial charge >= 0.3 is 0 Å². The SMILES string of the molecule is Cc1ccc2c(c1)OCCCn1cc(nn1)CN(C(=O)CN1CCC(C(N)=O)CC1)CCCNC(=O)[C@@H](C)NC2=O. The summed E-state index contributed by atoms with van der Waals surface area (Å²) in [5, 5.41) is 14.1. The van der Waals surface area contributed by atoms with Crippen molar-refractivity contribution in [1.29, 1.82) is 0 Å². The van der Waals surface area contributed by atoms with Gasteiger partial charge in [-0.25, -0.2) is 0 Å². The van der Waals surface area contributed by atoms with E-state index in [2.05, 4.69) is 20.9 Å². The van der Waals surface area contributed by atoms with Gasteiger partial charge in [0.2, 0.25) is 17.7 Å². The highest BCUT2D eigenvalue weighted by Crippen LogP contribution is 2.21. The summed E-state index contributed by atoms with van der Waals surface area (Å²) in [7, 11) is 0. The first kappa shape index (κ1) is 30.0. The second kappa shape index (κ2) is 14.1. The van der Waals surface area contributed by atoms with Crippen molar-refractivity contribution in [3.05, 3.63) is 41.2 Å². The molecule has 3 heterocycles. The van der Waals surface area contributed by atoms with E-state index in [0.717, 1.165) is 5.56 Å². The lowest BCUT2D eigenvalue weighted by Crippen LogP contribution is -2.46. The summed E-state index contributed by atoms with van der Waals surface area (Å²) >= 11 is 0. The number of hydrogen-bond acceptors (Lipinski definition) is 8. The van der Waals surface area contributed by atoms with E-state index in [-0.39, 0.29) is 30.2 Å². The van der Waals surface area contributed by atoms with Crippen molar-refractivity contribution in [3.63, 3.8) is 0 Å². The summed E-state index contributed by atoms with van der Waals surface area (Å²) in [6.45, 7) is 6.98. The molecule has 1 fully saturated rings. The third kappa shape index (κ3) is 8.49. The van der Waals surface area contributed by atoms with Gasteiger partial charge in [0, 0.05) is 32.0 Å². The number of hydrogen-bond donors (Lipinski definition) is 3. The Morgan fingerprint density at radius 1 is 1.12 bits per heavy atom.